The number of alkyl halides is 1. The normalized spacial score (nSPS) is 12.8. The van der Waals surface area contributed by atoms with Crippen LogP contribution >= 0.6 is 38.9 Å². The Morgan fingerprint density at radius 2 is 1.82 bits per heavy atom. The molecule has 0 bridgehead atoms. The van der Waals surface area contributed by atoms with Gasteiger partial charge in [-0.2, -0.15) is 0 Å². The van der Waals surface area contributed by atoms with Crippen molar-refractivity contribution >= 4 is 38.9 Å². The summed E-state index contributed by atoms with van der Waals surface area (Å²) in [5, 5.41) is 0. The zero-order valence-electron chi connectivity index (χ0n) is 10.1. The first-order chi connectivity index (χ1) is 7.99. The summed E-state index contributed by atoms with van der Waals surface area (Å²) in [4.78, 5) is 1.50. The molecule has 0 saturated heterocycles. The first kappa shape index (κ1) is 13.1. The molecule has 0 aliphatic carbocycles. The summed E-state index contributed by atoms with van der Waals surface area (Å²) in [6, 6.07) is 8.71. The van der Waals surface area contributed by atoms with Gasteiger partial charge in [-0.05, 0) is 43.5 Å². The summed E-state index contributed by atoms with van der Waals surface area (Å²) in [6.45, 7) is 6.31. The Balaban J connectivity index is 2.39. The number of benzene rings is 1. The highest BCUT2D eigenvalue weighted by atomic mass is 79.9. The average Bonchev–Trinajstić information content (AvgIpc) is 2.58. The molecule has 1 aromatic heterocycles. The van der Waals surface area contributed by atoms with Crippen molar-refractivity contribution in [2.24, 2.45) is 0 Å². The van der Waals surface area contributed by atoms with E-state index in [9.17, 15) is 0 Å². The van der Waals surface area contributed by atoms with E-state index < -0.39 is 0 Å². The van der Waals surface area contributed by atoms with Crippen LogP contribution in [0.15, 0.2) is 24.3 Å². The van der Waals surface area contributed by atoms with Crippen molar-refractivity contribution < 1.29 is 0 Å². The van der Waals surface area contributed by atoms with E-state index in [1.165, 1.54) is 21.6 Å². The van der Waals surface area contributed by atoms with Crippen LogP contribution in [0.4, 0.5) is 0 Å². The first-order valence-corrected chi connectivity index (χ1v) is 7.57. The fraction of sp³-hybridized carbons (Fsp3) is 0.286. The van der Waals surface area contributed by atoms with Gasteiger partial charge < -0.3 is 0 Å². The van der Waals surface area contributed by atoms with Crippen molar-refractivity contribution in [2.45, 2.75) is 25.6 Å². The number of thiophene rings is 1. The minimum absolute atomic E-state index is 0.235. The number of halogens is 2. The summed E-state index contributed by atoms with van der Waals surface area (Å²) in [7, 11) is 0. The van der Waals surface area contributed by atoms with E-state index in [0.29, 0.717) is 0 Å². The van der Waals surface area contributed by atoms with Gasteiger partial charge >= 0.3 is 0 Å². The Labute approximate surface area is 120 Å². The largest absolute Gasteiger partial charge is 0.127 e. The van der Waals surface area contributed by atoms with Crippen molar-refractivity contribution in [3.05, 3.63) is 55.7 Å². The van der Waals surface area contributed by atoms with E-state index in [2.05, 4.69) is 54.0 Å². The van der Waals surface area contributed by atoms with Crippen molar-refractivity contribution in [3.63, 3.8) is 0 Å². The molecule has 1 unspecified atom stereocenters. The van der Waals surface area contributed by atoms with E-state index in [1.807, 2.05) is 6.92 Å². The number of hydrogen-bond donors (Lipinski definition) is 0. The molecule has 2 rings (SSSR count). The van der Waals surface area contributed by atoms with Crippen LogP contribution in [0.25, 0.3) is 0 Å². The molecule has 0 saturated carbocycles. The van der Waals surface area contributed by atoms with Gasteiger partial charge in [0.15, 0.2) is 0 Å². The number of hydrogen-bond acceptors (Lipinski definition) is 1. The van der Waals surface area contributed by atoms with Gasteiger partial charge in [0.05, 0.1) is 9.16 Å². The lowest BCUT2D eigenvalue weighted by Gasteiger charge is -2.12. The van der Waals surface area contributed by atoms with Crippen molar-refractivity contribution in [2.75, 3.05) is 0 Å². The molecule has 0 fully saturated rings. The average molecular weight is 330 g/mol. The zero-order valence-corrected chi connectivity index (χ0v) is 13.2. The summed E-state index contributed by atoms with van der Waals surface area (Å²) in [5.41, 5.74) is 5.08. The molecule has 1 atom stereocenters. The van der Waals surface area contributed by atoms with Gasteiger partial charge in [0.1, 0.15) is 0 Å². The smallest absolute Gasteiger partial charge is 0.0960 e. The van der Waals surface area contributed by atoms with Crippen LogP contribution in [0.2, 0.25) is 4.34 Å². The molecule has 0 spiro atoms. The Kier molecular flexibility index (Phi) is 3.96. The predicted molar refractivity (Wildman–Crippen MR) is 80.8 cm³/mol. The summed E-state index contributed by atoms with van der Waals surface area (Å²) >= 11 is 11.5. The van der Waals surface area contributed by atoms with E-state index in [0.717, 1.165) is 9.90 Å². The standard InChI is InChI=1S/C14H14BrClS/c1-8-4-5-11(9(2)6-8)13(15)12-7-10(3)14(16)17-12/h4-7,13H,1-3H3. The van der Waals surface area contributed by atoms with Gasteiger partial charge in [0.25, 0.3) is 0 Å². The molecular weight excluding hydrogens is 316 g/mol. The summed E-state index contributed by atoms with van der Waals surface area (Å²) < 4.78 is 0.884. The fourth-order valence-corrected chi connectivity index (χ4v) is 4.01. The van der Waals surface area contributed by atoms with Crippen LogP contribution in [-0.2, 0) is 0 Å². The maximum absolute atomic E-state index is 6.12. The zero-order chi connectivity index (χ0) is 12.6. The first-order valence-electron chi connectivity index (χ1n) is 5.46. The molecule has 0 aliphatic rings. The van der Waals surface area contributed by atoms with Crippen molar-refractivity contribution in [3.8, 4) is 0 Å². The second-order valence-electron chi connectivity index (χ2n) is 4.33. The maximum Gasteiger partial charge on any atom is 0.0960 e. The lowest BCUT2D eigenvalue weighted by molar-refractivity contribution is 1.16. The van der Waals surface area contributed by atoms with Crippen molar-refractivity contribution in [1.29, 1.82) is 0 Å². The van der Waals surface area contributed by atoms with Crippen LogP contribution < -0.4 is 0 Å². The van der Waals surface area contributed by atoms with Gasteiger partial charge in [-0.3, -0.25) is 0 Å². The Hall–Kier alpha value is -0.310. The van der Waals surface area contributed by atoms with Crippen LogP contribution in [0.3, 0.4) is 0 Å². The maximum atomic E-state index is 6.12. The molecule has 0 aliphatic heterocycles. The summed E-state index contributed by atoms with van der Waals surface area (Å²) in [6.07, 6.45) is 0. The Morgan fingerprint density at radius 3 is 2.35 bits per heavy atom. The molecule has 90 valence electrons. The van der Waals surface area contributed by atoms with E-state index in [1.54, 1.807) is 11.3 Å². The third-order valence-electron chi connectivity index (χ3n) is 2.82. The predicted octanol–water partition coefficient (Wildman–Crippen LogP) is 5.81. The van der Waals surface area contributed by atoms with E-state index in [4.69, 9.17) is 11.6 Å². The van der Waals surface area contributed by atoms with Gasteiger partial charge in [-0.1, -0.05) is 51.3 Å². The van der Waals surface area contributed by atoms with E-state index >= 15 is 0 Å². The molecule has 1 heterocycles. The molecule has 2 aromatic rings. The van der Waals surface area contributed by atoms with Gasteiger partial charge in [0.2, 0.25) is 0 Å². The highest BCUT2D eigenvalue weighted by Gasteiger charge is 2.16. The molecular formula is C14H14BrClS. The second kappa shape index (κ2) is 5.13. The Bertz CT molecular complexity index is 526. The second-order valence-corrected chi connectivity index (χ2v) is 6.93. The lowest BCUT2D eigenvalue weighted by atomic mass is 10.0. The van der Waals surface area contributed by atoms with Gasteiger partial charge in [-0.25, -0.2) is 0 Å². The molecule has 0 nitrogen and oxygen atoms in total. The molecule has 3 heteroatoms. The third-order valence-corrected chi connectivity index (χ3v) is 5.73. The molecule has 0 N–H and O–H groups in total. The SMILES string of the molecule is Cc1ccc(C(Br)c2cc(C)c(Cl)s2)c(C)c1. The third kappa shape index (κ3) is 2.75. The number of aryl methyl sites for hydroxylation is 3. The highest BCUT2D eigenvalue weighted by Crippen LogP contribution is 2.40. The minimum atomic E-state index is 0.235. The highest BCUT2D eigenvalue weighted by molar-refractivity contribution is 9.09. The van der Waals surface area contributed by atoms with Crippen LogP contribution in [0, 0.1) is 20.8 Å². The van der Waals surface area contributed by atoms with Crippen molar-refractivity contribution in [1.82, 2.24) is 0 Å². The Morgan fingerprint density at radius 1 is 1.12 bits per heavy atom. The molecule has 0 radical (unpaired) electrons. The molecule has 17 heavy (non-hydrogen) atoms. The van der Waals surface area contributed by atoms with Crippen LogP contribution in [0.5, 0.6) is 0 Å². The molecule has 0 amide bonds. The van der Waals surface area contributed by atoms with Gasteiger partial charge in [0, 0.05) is 4.88 Å². The monoisotopic (exact) mass is 328 g/mol. The fourth-order valence-electron chi connectivity index (χ4n) is 1.87. The topological polar surface area (TPSA) is 0 Å². The quantitative estimate of drug-likeness (QED) is 0.610. The molecule has 1 aromatic carbocycles. The number of rotatable bonds is 2. The summed E-state index contributed by atoms with van der Waals surface area (Å²) in [5.74, 6) is 0. The minimum Gasteiger partial charge on any atom is -0.127 e. The van der Waals surface area contributed by atoms with Gasteiger partial charge in [-0.15, -0.1) is 11.3 Å². The lowest BCUT2D eigenvalue weighted by Crippen LogP contribution is -1.94. The van der Waals surface area contributed by atoms with Crippen LogP contribution in [-0.4, -0.2) is 0 Å². The van der Waals surface area contributed by atoms with Crippen LogP contribution in [0.1, 0.15) is 32.0 Å². The van der Waals surface area contributed by atoms with E-state index in [-0.39, 0.29) is 4.83 Å².